The van der Waals surface area contributed by atoms with Crippen LogP contribution in [0.15, 0.2) is 46.9 Å². The molecule has 3 rings (SSSR count). The fourth-order valence-corrected chi connectivity index (χ4v) is 3.92. The van der Waals surface area contributed by atoms with Crippen LogP contribution in [0.25, 0.3) is 0 Å². The molecular formula is C20H23BrClFN2. The van der Waals surface area contributed by atoms with Gasteiger partial charge < -0.3 is 4.90 Å². The van der Waals surface area contributed by atoms with Crippen LogP contribution >= 0.6 is 27.5 Å². The summed E-state index contributed by atoms with van der Waals surface area (Å²) in [6.45, 7) is 6.68. The van der Waals surface area contributed by atoms with Gasteiger partial charge in [-0.2, -0.15) is 0 Å². The molecule has 0 amide bonds. The van der Waals surface area contributed by atoms with Crippen LogP contribution < -0.4 is 4.90 Å². The smallest absolute Gasteiger partial charge is 0.126 e. The largest absolute Gasteiger partial charge is 0.369 e. The zero-order valence-corrected chi connectivity index (χ0v) is 16.7. The third-order valence-electron chi connectivity index (χ3n) is 4.72. The van der Waals surface area contributed by atoms with Crippen LogP contribution in [0.2, 0.25) is 5.02 Å². The molecule has 25 heavy (non-hydrogen) atoms. The standard InChI is InChI=1S/C20H23BrClFN2/c1-2-19(23)17-12-16(13-18(21)20(17)22)25-10-8-24(9-11-25)14-15-6-4-3-5-7-15/h3-7,12-13,19H,2,8-11,14H2,1H3. The van der Waals surface area contributed by atoms with Crippen molar-refractivity contribution >= 4 is 33.2 Å². The van der Waals surface area contributed by atoms with Crippen LogP contribution in [0.3, 0.4) is 0 Å². The van der Waals surface area contributed by atoms with E-state index in [-0.39, 0.29) is 0 Å². The molecule has 1 aliphatic heterocycles. The van der Waals surface area contributed by atoms with Crippen LogP contribution in [-0.2, 0) is 6.54 Å². The number of halogens is 3. The Morgan fingerprint density at radius 1 is 1.12 bits per heavy atom. The van der Waals surface area contributed by atoms with Crippen molar-refractivity contribution in [1.29, 1.82) is 0 Å². The maximum absolute atomic E-state index is 14.2. The SMILES string of the molecule is CCC(F)c1cc(N2CCN(Cc3ccccc3)CC2)cc(Br)c1Cl. The lowest BCUT2D eigenvalue weighted by atomic mass is 10.1. The van der Waals surface area contributed by atoms with E-state index in [9.17, 15) is 4.39 Å². The van der Waals surface area contributed by atoms with E-state index in [4.69, 9.17) is 11.6 Å². The minimum atomic E-state index is -1.02. The quantitative estimate of drug-likeness (QED) is 0.593. The molecule has 1 heterocycles. The molecule has 1 aliphatic rings. The van der Waals surface area contributed by atoms with Gasteiger partial charge in [0.1, 0.15) is 6.17 Å². The number of anilines is 1. The van der Waals surface area contributed by atoms with Crippen molar-refractivity contribution in [3.63, 3.8) is 0 Å². The third kappa shape index (κ3) is 4.55. The van der Waals surface area contributed by atoms with Crippen molar-refractivity contribution in [2.75, 3.05) is 31.1 Å². The molecule has 0 bridgehead atoms. The van der Waals surface area contributed by atoms with Crippen molar-refractivity contribution in [2.24, 2.45) is 0 Å². The Hall–Kier alpha value is -1.10. The van der Waals surface area contributed by atoms with Gasteiger partial charge in [0, 0.05) is 48.4 Å². The fraction of sp³-hybridized carbons (Fsp3) is 0.400. The monoisotopic (exact) mass is 424 g/mol. The number of rotatable bonds is 5. The van der Waals surface area contributed by atoms with Crippen molar-refractivity contribution in [3.8, 4) is 0 Å². The first kappa shape index (κ1) is 18.7. The number of benzene rings is 2. The van der Waals surface area contributed by atoms with Gasteiger partial charge in [-0.1, -0.05) is 48.9 Å². The number of alkyl halides is 1. The summed E-state index contributed by atoms with van der Waals surface area (Å²) in [4.78, 5) is 4.77. The summed E-state index contributed by atoms with van der Waals surface area (Å²) in [6.07, 6.45) is -0.594. The summed E-state index contributed by atoms with van der Waals surface area (Å²) in [7, 11) is 0. The van der Waals surface area contributed by atoms with E-state index in [0.717, 1.165) is 42.9 Å². The van der Waals surface area contributed by atoms with Gasteiger partial charge in [-0.3, -0.25) is 4.90 Å². The van der Waals surface area contributed by atoms with Crippen LogP contribution in [-0.4, -0.2) is 31.1 Å². The molecule has 2 aromatic rings. The van der Waals surface area contributed by atoms with E-state index in [1.807, 2.05) is 25.1 Å². The van der Waals surface area contributed by atoms with Crippen molar-refractivity contribution in [1.82, 2.24) is 4.90 Å². The minimum absolute atomic E-state index is 0.431. The molecule has 0 radical (unpaired) electrons. The highest BCUT2D eigenvalue weighted by atomic mass is 79.9. The minimum Gasteiger partial charge on any atom is -0.369 e. The second-order valence-corrected chi connectivity index (χ2v) is 7.69. The first-order chi connectivity index (χ1) is 12.1. The fourth-order valence-electron chi connectivity index (χ4n) is 3.23. The molecule has 1 fully saturated rings. The topological polar surface area (TPSA) is 6.48 Å². The van der Waals surface area contributed by atoms with E-state index < -0.39 is 6.17 Å². The Kier molecular flexibility index (Phi) is 6.37. The highest BCUT2D eigenvalue weighted by Gasteiger charge is 2.21. The lowest BCUT2D eigenvalue weighted by Gasteiger charge is -2.36. The summed E-state index contributed by atoms with van der Waals surface area (Å²) in [6, 6.07) is 14.5. The van der Waals surface area contributed by atoms with E-state index in [1.165, 1.54) is 5.56 Å². The molecule has 0 spiro atoms. The first-order valence-electron chi connectivity index (χ1n) is 8.72. The Bertz CT molecular complexity index is 702. The molecule has 0 aliphatic carbocycles. The van der Waals surface area contributed by atoms with Crippen molar-refractivity contribution in [3.05, 3.63) is 63.1 Å². The molecule has 1 unspecified atom stereocenters. The van der Waals surface area contributed by atoms with Crippen LogP contribution in [0.1, 0.15) is 30.6 Å². The lowest BCUT2D eigenvalue weighted by Crippen LogP contribution is -2.46. The summed E-state index contributed by atoms with van der Waals surface area (Å²) in [5.41, 5.74) is 2.97. The third-order valence-corrected chi connectivity index (χ3v) is 6.00. The van der Waals surface area contributed by atoms with Gasteiger partial charge in [0.05, 0.1) is 5.02 Å². The number of hydrogen-bond acceptors (Lipinski definition) is 2. The summed E-state index contributed by atoms with van der Waals surface area (Å²) in [5, 5.41) is 0.487. The van der Waals surface area contributed by atoms with E-state index in [0.29, 0.717) is 17.0 Å². The normalized spacial score (nSPS) is 16.9. The number of hydrogen-bond donors (Lipinski definition) is 0. The lowest BCUT2D eigenvalue weighted by molar-refractivity contribution is 0.250. The highest BCUT2D eigenvalue weighted by molar-refractivity contribution is 9.10. The molecule has 1 atom stereocenters. The van der Waals surface area contributed by atoms with E-state index in [1.54, 1.807) is 0 Å². The maximum Gasteiger partial charge on any atom is 0.126 e. The first-order valence-corrected chi connectivity index (χ1v) is 9.89. The molecule has 0 aromatic heterocycles. The zero-order valence-electron chi connectivity index (χ0n) is 14.4. The molecule has 0 N–H and O–H groups in total. The predicted molar refractivity (Wildman–Crippen MR) is 107 cm³/mol. The van der Waals surface area contributed by atoms with Crippen molar-refractivity contribution < 1.29 is 4.39 Å². The average molecular weight is 426 g/mol. The molecule has 1 saturated heterocycles. The average Bonchev–Trinajstić information content (AvgIpc) is 2.65. The molecule has 2 nitrogen and oxygen atoms in total. The van der Waals surface area contributed by atoms with Crippen LogP contribution in [0.5, 0.6) is 0 Å². The summed E-state index contributed by atoms with van der Waals surface area (Å²) >= 11 is 9.76. The Morgan fingerprint density at radius 3 is 2.44 bits per heavy atom. The van der Waals surface area contributed by atoms with Gasteiger partial charge in [0.2, 0.25) is 0 Å². The van der Waals surface area contributed by atoms with Gasteiger partial charge in [-0.15, -0.1) is 0 Å². The second-order valence-electron chi connectivity index (χ2n) is 6.46. The van der Waals surface area contributed by atoms with Gasteiger partial charge in [-0.05, 0) is 40.0 Å². The Balaban J connectivity index is 1.67. The molecule has 134 valence electrons. The molecule has 0 saturated carbocycles. The second kappa shape index (κ2) is 8.52. The van der Waals surface area contributed by atoms with Crippen molar-refractivity contribution in [2.45, 2.75) is 26.1 Å². The summed E-state index contributed by atoms with van der Waals surface area (Å²) in [5.74, 6) is 0. The summed E-state index contributed by atoms with van der Waals surface area (Å²) < 4.78 is 15.0. The molecule has 5 heteroatoms. The van der Waals surface area contributed by atoms with E-state index >= 15 is 0 Å². The predicted octanol–water partition coefficient (Wildman–Crippen LogP) is 5.85. The Labute approximate surface area is 162 Å². The van der Waals surface area contributed by atoms with Gasteiger partial charge >= 0.3 is 0 Å². The zero-order chi connectivity index (χ0) is 17.8. The highest BCUT2D eigenvalue weighted by Crippen LogP contribution is 2.37. The molecule has 2 aromatic carbocycles. The van der Waals surface area contributed by atoms with Gasteiger partial charge in [0.15, 0.2) is 0 Å². The Morgan fingerprint density at radius 2 is 1.80 bits per heavy atom. The van der Waals surface area contributed by atoms with E-state index in [2.05, 4.69) is 50.0 Å². The van der Waals surface area contributed by atoms with Gasteiger partial charge in [-0.25, -0.2) is 4.39 Å². The number of nitrogens with zero attached hydrogens (tertiary/aromatic N) is 2. The van der Waals surface area contributed by atoms with Crippen LogP contribution in [0, 0.1) is 0 Å². The molecular weight excluding hydrogens is 403 g/mol. The maximum atomic E-state index is 14.2. The van der Waals surface area contributed by atoms with Crippen LogP contribution in [0.4, 0.5) is 10.1 Å². The van der Waals surface area contributed by atoms with Gasteiger partial charge in [0.25, 0.3) is 0 Å². The number of piperazine rings is 1.